The third-order valence-corrected chi connectivity index (χ3v) is 4.42. The van der Waals surface area contributed by atoms with E-state index in [1.54, 1.807) is 30.5 Å². The molecule has 27 heavy (non-hydrogen) atoms. The van der Waals surface area contributed by atoms with Crippen LogP contribution in [0.2, 0.25) is 5.02 Å². The molecular formula is C16H13ClN6O3S. The van der Waals surface area contributed by atoms with Gasteiger partial charge in [0.2, 0.25) is 0 Å². The number of nitrogens with one attached hydrogen (secondary N) is 2. The molecule has 0 bridgehead atoms. The van der Waals surface area contributed by atoms with Crippen molar-refractivity contribution in [2.45, 2.75) is 5.16 Å². The van der Waals surface area contributed by atoms with Crippen LogP contribution in [-0.2, 0) is 7.05 Å². The number of hydrogen-bond acceptors (Lipinski definition) is 7. The van der Waals surface area contributed by atoms with Crippen molar-refractivity contribution in [1.82, 2.24) is 30.6 Å². The van der Waals surface area contributed by atoms with Crippen LogP contribution in [0.15, 0.2) is 40.4 Å². The van der Waals surface area contributed by atoms with Gasteiger partial charge in [-0.1, -0.05) is 41.6 Å². The highest BCUT2D eigenvalue weighted by atomic mass is 35.5. The molecule has 3 rings (SSSR count). The zero-order valence-corrected chi connectivity index (χ0v) is 15.8. The average Bonchev–Trinajstić information content (AvgIpc) is 2.69. The molecule has 0 aliphatic heterocycles. The lowest BCUT2D eigenvalue weighted by molar-refractivity contribution is 0.0840. The largest absolute Gasteiger partial charge is 0.290 e. The molecule has 0 aliphatic rings. The Balaban J connectivity index is 1.85. The van der Waals surface area contributed by atoms with E-state index in [1.165, 1.54) is 25.0 Å². The van der Waals surface area contributed by atoms with Crippen LogP contribution in [0.5, 0.6) is 0 Å². The van der Waals surface area contributed by atoms with Crippen molar-refractivity contribution in [2.75, 3.05) is 6.26 Å². The SMILES string of the molecule is CSc1ncc(Cl)c(C(=O)NNC(=O)c2nn(C)c(=O)c3ccccc23)n1. The maximum Gasteiger partial charge on any atom is 0.290 e. The van der Waals surface area contributed by atoms with E-state index in [9.17, 15) is 14.4 Å². The van der Waals surface area contributed by atoms with E-state index in [1.807, 2.05) is 0 Å². The molecule has 0 atom stereocenters. The highest BCUT2D eigenvalue weighted by Crippen LogP contribution is 2.16. The number of aryl methyl sites for hydroxylation is 1. The minimum atomic E-state index is -0.708. The topological polar surface area (TPSA) is 119 Å². The second-order valence-electron chi connectivity index (χ2n) is 5.28. The number of aromatic nitrogens is 4. The summed E-state index contributed by atoms with van der Waals surface area (Å²) < 4.78 is 1.06. The molecule has 0 aliphatic carbocycles. The summed E-state index contributed by atoms with van der Waals surface area (Å²) in [6, 6.07) is 6.57. The Morgan fingerprint density at radius 1 is 1.11 bits per heavy atom. The average molecular weight is 405 g/mol. The molecule has 0 radical (unpaired) electrons. The van der Waals surface area contributed by atoms with E-state index >= 15 is 0 Å². The summed E-state index contributed by atoms with van der Waals surface area (Å²) in [5.41, 5.74) is 4.08. The number of carbonyl (C=O) groups is 2. The fourth-order valence-corrected chi connectivity index (χ4v) is 2.83. The van der Waals surface area contributed by atoms with Crippen molar-refractivity contribution >= 4 is 45.9 Å². The van der Waals surface area contributed by atoms with Gasteiger partial charge in [-0.25, -0.2) is 14.6 Å². The van der Waals surface area contributed by atoms with Crippen LogP contribution in [0.25, 0.3) is 10.8 Å². The minimum Gasteiger partial charge on any atom is -0.267 e. The first-order valence-electron chi connectivity index (χ1n) is 7.55. The summed E-state index contributed by atoms with van der Waals surface area (Å²) in [7, 11) is 1.44. The fourth-order valence-electron chi connectivity index (χ4n) is 2.31. The molecule has 11 heteroatoms. The lowest BCUT2D eigenvalue weighted by Crippen LogP contribution is -2.43. The van der Waals surface area contributed by atoms with Crippen molar-refractivity contribution in [3.8, 4) is 0 Å². The molecule has 0 fully saturated rings. The summed E-state index contributed by atoms with van der Waals surface area (Å²) >= 11 is 7.18. The van der Waals surface area contributed by atoms with Gasteiger partial charge < -0.3 is 0 Å². The molecule has 0 spiro atoms. The van der Waals surface area contributed by atoms with Gasteiger partial charge >= 0.3 is 0 Å². The number of thioether (sulfide) groups is 1. The molecule has 0 saturated carbocycles. The van der Waals surface area contributed by atoms with E-state index in [4.69, 9.17) is 11.6 Å². The first-order chi connectivity index (χ1) is 12.9. The van der Waals surface area contributed by atoms with Crippen molar-refractivity contribution in [3.63, 3.8) is 0 Å². The lowest BCUT2D eigenvalue weighted by atomic mass is 10.1. The Morgan fingerprint density at radius 2 is 1.74 bits per heavy atom. The van der Waals surface area contributed by atoms with Gasteiger partial charge in [0.05, 0.1) is 16.6 Å². The van der Waals surface area contributed by atoms with Crippen LogP contribution in [0, 0.1) is 0 Å². The number of rotatable bonds is 3. The zero-order valence-electron chi connectivity index (χ0n) is 14.2. The highest BCUT2D eigenvalue weighted by Gasteiger charge is 2.18. The van der Waals surface area contributed by atoms with Crippen LogP contribution < -0.4 is 16.4 Å². The number of benzene rings is 1. The second-order valence-corrected chi connectivity index (χ2v) is 6.47. The van der Waals surface area contributed by atoms with E-state index < -0.39 is 11.8 Å². The lowest BCUT2D eigenvalue weighted by Gasteiger charge is -2.10. The fraction of sp³-hybridized carbons (Fsp3) is 0.125. The van der Waals surface area contributed by atoms with Crippen LogP contribution in [0.3, 0.4) is 0 Å². The van der Waals surface area contributed by atoms with Gasteiger partial charge in [-0.15, -0.1) is 0 Å². The molecule has 0 unspecified atom stereocenters. The van der Waals surface area contributed by atoms with Crippen molar-refractivity contribution < 1.29 is 9.59 Å². The second kappa shape index (κ2) is 7.72. The van der Waals surface area contributed by atoms with E-state index in [0.717, 1.165) is 4.68 Å². The molecule has 138 valence electrons. The first-order valence-corrected chi connectivity index (χ1v) is 9.16. The van der Waals surface area contributed by atoms with Crippen molar-refractivity contribution in [3.05, 3.63) is 57.2 Å². The molecule has 1 aromatic carbocycles. The van der Waals surface area contributed by atoms with Crippen LogP contribution >= 0.6 is 23.4 Å². The zero-order chi connectivity index (χ0) is 19.6. The summed E-state index contributed by atoms with van der Waals surface area (Å²) in [4.78, 5) is 44.8. The highest BCUT2D eigenvalue weighted by molar-refractivity contribution is 7.98. The number of fused-ring (bicyclic) bond motifs is 1. The normalized spacial score (nSPS) is 10.6. The monoisotopic (exact) mass is 404 g/mol. The predicted octanol–water partition coefficient (Wildman–Crippen LogP) is 1.17. The van der Waals surface area contributed by atoms with E-state index in [0.29, 0.717) is 15.9 Å². The number of amides is 2. The van der Waals surface area contributed by atoms with Crippen molar-refractivity contribution in [1.29, 1.82) is 0 Å². The Kier molecular flexibility index (Phi) is 5.38. The number of halogens is 1. The Morgan fingerprint density at radius 3 is 2.41 bits per heavy atom. The summed E-state index contributed by atoms with van der Waals surface area (Å²) in [6.07, 6.45) is 3.06. The summed E-state index contributed by atoms with van der Waals surface area (Å²) in [5, 5.41) is 5.11. The molecule has 2 N–H and O–H groups in total. The number of carbonyl (C=O) groups excluding carboxylic acids is 2. The van der Waals surface area contributed by atoms with Gasteiger partial charge in [0.25, 0.3) is 17.4 Å². The van der Waals surface area contributed by atoms with Gasteiger partial charge in [-0.05, 0) is 12.3 Å². The molecule has 0 saturated heterocycles. The summed E-state index contributed by atoms with van der Waals surface area (Å²) in [5.74, 6) is -1.40. The van der Waals surface area contributed by atoms with Gasteiger partial charge in [-0.2, -0.15) is 5.10 Å². The maximum atomic E-state index is 12.5. The number of nitrogens with zero attached hydrogens (tertiary/aromatic N) is 4. The standard InChI is InChI=1S/C16H13ClN6O3S/c1-23-15(26)9-6-4-3-5-8(9)11(22-23)13(24)20-21-14(25)12-10(17)7-18-16(19-12)27-2/h3-7H,1-2H3,(H,20,24)(H,21,25). The molecule has 9 nitrogen and oxygen atoms in total. The number of hydrogen-bond donors (Lipinski definition) is 2. The van der Waals surface area contributed by atoms with E-state index in [2.05, 4.69) is 25.9 Å². The van der Waals surface area contributed by atoms with Gasteiger partial charge in [0, 0.05) is 12.4 Å². The molecular weight excluding hydrogens is 392 g/mol. The first kappa shape index (κ1) is 18.8. The summed E-state index contributed by atoms with van der Waals surface area (Å²) in [6.45, 7) is 0. The third kappa shape index (κ3) is 3.76. The van der Waals surface area contributed by atoms with Crippen LogP contribution in [-0.4, -0.2) is 37.8 Å². The number of hydrazine groups is 1. The van der Waals surface area contributed by atoms with Gasteiger partial charge in [0.1, 0.15) is 0 Å². The van der Waals surface area contributed by atoms with Crippen LogP contribution in [0.1, 0.15) is 21.0 Å². The minimum absolute atomic E-state index is 0.00779. The Bertz CT molecular complexity index is 1120. The smallest absolute Gasteiger partial charge is 0.267 e. The molecule has 2 amide bonds. The maximum absolute atomic E-state index is 12.5. The Labute approximate surface area is 162 Å². The quantitative estimate of drug-likeness (QED) is 0.382. The van der Waals surface area contributed by atoms with Crippen molar-refractivity contribution in [2.24, 2.45) is 7.05 Å². The van der Waals surface area contributed by atoms with E-state index in [-0.39, 0.29) is 22.0 Å². The predicted molar refractivity (Wildman–Crippen MR) is 101 cm³/mol. The molecule has 3 aromatic rings. The van der Waals surface area contributed by atoms with Gasteiger partial charge in [0.15, 0.2) is 16.5 Å². The molecule has 2 heterocycles. The van der Waals surface area contributed by atoms with Crippen LogP contribution in [0.4, 0.5) is 0 Å². The third-order valence-electron chi connectivity index (χ3n) is 3.58. The Hall–Kier alpha value is -2.98. The molecule has 2 aromatic heterocycles. The van der Waals surface area contributed by atoms with Gasteiger partial charge in [-0.3, -0.25) is 25.2 Å².